The lowest BCUT2D eigenvalue weighted by Gasteiger charge is -2.37. The summed E-state index contributed by atoms with van der Waals surface area (Å²) in [5, 5.41) is 10.1. The first-order valence-corrected chi connectivity index (χ1v) is 8.01. The van der Waals surface area contributed by atoms with Crippen LogP contribution in [0.25, 0.3) is 0 Å². The van der Waals surface area contributed by atoms with E-state index in [-0.39, 0.29) is 5.92 Å². The number of benzene rings is 1. The van der Waals surface area contributed by atoms with E-state index < -0.39 is 23.6 Å². The summed E-state index contributed by atoms with van der Waals surface area (Å²) in [7, 11) is 0. The number of likely N-dealkylation sites (tertiary alicyclic amines) is 1. The van der Waals surface area contributed by atoms with Crippen molar-refractivity contribution in [2.45, 2.75) is 38.7 Å². The molecule has 1 saturated heterocycles. The van der Waals surface area contributed by atoms with Gasteiger partial charge in [0, 0.05) is 24.0 Å². The molecule has 2 atom stereocenters. The van der Waals surface area contributed by atoms with E-state index in [0.717, 1.165) is 5.56 Å². The second kappa shape index (κ2) is 6.79. The van der Waals surface area contributed by atoms with Crippen LogP contribution in [0.3, 0.4) is 0 Å². The molecule has 1 heterocycles. The Bertz CT molecular complexity index is 579. The van der Waals surface area contributed by atoms with Gasteiger partial charge in [0.1, 0.15) is 5.60 Å². The van der Waals surface area contributed by atoms with Gasteiger partial charge in [-0.15, -0.1) is 0 Å². The monoisotopic (exact) mass is 339 g/mol. The minimum atomic E-state index is -0.839. The van der Waals surface area contributed by atoms with Crippen molar-refractivity contribution in [2.24, 2.45) is 5.92 Å². The molecule has 2 unspecified atom stereocenters. The zero-order valence-electron chi connectivity index (χ0n) is 13.6. The van der Waals surface area contributed by atoms with Crippen LogP contribution in [0.15, 0.2) is 24.3 Å². The molecule has 2 rings (SSSR count). The van der Waals surface area contributed by atoms with Crippen molar-refractivity contribution in [3.8, 4) is 0 Å². The minimum Gasteiger partial charge on any atom is -0.481 e. The van der Waals surface area contributed by atoms with Crippen LogP contribution >= 0.6 is 11.6 Å². The van der Waals surface area contributed by atoms with Gasteiger partial charge in [-0.25, -0.2) is 4.79 Å². The molecule has 0 radical (unpaired) electrons. The molecule has 23 heavy (non-hydrogen) atoms. The number of nitrogens with zero attached hydrogens (tertiary/aromatic N) is 1. The lowest BCUT2D eigenvalue weighted by Crippen LogP contribution is -2.46. The summed E-state index contributed by atoms with van der Waals surface area (Å²) in [4.78, 5) is 25.4. The number of hydrogen-bond donors (Lipinski definition) is 1. The molecule has 1 amide bonds. The van der Waals surface area contributed by atoms with Gasteiger partial charge in [0.05, 0.1) is 5.92 Å². The zero-order valence-corrected chi connectivity index (χ0v) is 14.3. The number of amides is 1. The fourth-order valence-corrected chi connectivity index (χ4v) is 2.91. The molecule has 1 aliphatic heterocycles. The number of ether oxygens (including phenoxy) is 1. The summed E-state index contributed by atoms with van der Waals surface area (Å²) in [6.07, 6.45) is 0.00213. The normalized spacial score (nSPS) is 21.8. The van der Waals surface area contributed by atoms with Crippen molar-refractivity contribution >= 4 is 23.7 Å². The summed E-state index contributed by atoms with van der Waals surface area (Å²) in [6.45, 7) is 6.15. The third-order valence-corrected chi connectivity index (χ3v) is 4.13. The van der Waals surface area contributed by atoms with Crippen molar-refractivity contribution in [1.82, 2.24) is 4.90 Å². The van der Waals surface area contributed by atoms with E-state index in [2.05, 4.69) is 0 Å². The van der Waals surface area contributed by atoms with Crippen molar-refractivity contribution in [3.05, 3.63) is 34.9 Å². The van der Waals surface area contributed by atoms with Crippen molar-refractivity contribution in [3.63, 3.8) is 0 Å². The summed E-state index contributed by atoms with van der Waals surface area (Å²) < 4.78 is 5.39. The first kappa shape index (κ1) is 17.6. The Morgan fingerprint density at radius 2 is 1.87 bits per heavy atom. The first-order chi connectivity index (χ1) is 10.7. The Morgan fingerprint density at radius 3 is 2.39 bits per heavy atom. The molecule has 0 spiro atoms. The molecule has 6 heteroatoms. The molecule has 1 fully saturated rings. The van der Waals surface area contributed by atoms with Gasteiger partial charge < -0.3 is 14.7 Å². The third-order valence-electron chi connectivity index (χ3n) is 3.88. The second-order valence-electron chi connectivity index (χ2n) is 6.82. The zero-order chi connectivity index (χ0) is 17.2. The number of carbonyl (C=O) groups is 2. The molecular weight excluding hydrogens is 318 g/mol. The molecule has 1 aromatic carbocycles. The molecule has 0 bridgehead atoms. The number of carboxylic acids is 1. The SMILES string of the molecule is CC(C)(C)OC(=O)N1CCC(C(=O)O)C(c2ccc(Cl)cc2)C1. The van der Waals surface area contributed by atoms with Crippen molar-refractivity contribution in [1.29, 1.82) is 0 Å². The van der Waals surface area contributed by atoms with E-state index in [1.807, 2.05) is 32.9 Å². The van der Waals surface area contributed by atoms with Gasteiger partial charge >= 0.3 is 12.1 Å². The van der Waals surface area contributed by atoms with Gasteiger partial charge in [-0.1, -0.05) is 23.7 Å². The molecule has 1 N–H and O–H groups in total. The highest BCUT2D eigenvalue weighted by Crippen LogP contribution is 2.34. The smallest absolute Gasteiger partial charge is 0.410 e. The summed E-state index contributed by atoms with van der Waals surface area (Å²) in [6, 6.07) is 7.12. The van der Waals surface area contributed by atoms with Crippen molar-refractivity contribution in [2.75, 3.05) is 13.1 Å². The van der Waals surface area contributed by atoms with Gasteiger partial charge in [0.25, 0.3) is 0 Å². The molecule has 1 aromatic rings. The Hall–Kier alpha value is -1.75. The Morgan fingerprint density at radius 1 is 1.26 bits per heavy atom. The Balaban J connectivity index is 2.19. The Labute approximate surface area is 141 Å². The minimum absolute atomic E-state index is 0.272. The maximum absolute atomic E-state index is 12.3. The second-order valence-corrected chi connectivity index (χ2v) is 7.25. The van der Waals surface area contributed by atoms with E-state index in [1.54, 1.807) is 17.0 Å². The van der Waals surface area contributed by atoms with Crippen LogP contribution in [0, 0.1) is 5.92 Å². The summed E-state index contributed by atoms with van der Waals surface area (Å²) >= 11 is 5.90. The maximum Gasteiger partial charge on any atom is 0.410 e. The van der Waals surface area contributed by atoms with Crippen LogP contribution in [-0.2, 0) is 9.53 Å². The number of carboxylic acid groups (broad SMARTS) is 1. The fraction of sp³-hybridized carbons (Fsp3) is 0.529. The maximum atomic E-state index is 12.3. The van der Waals surface area contributed by atoms with E-state index in [4.69, 9.17) is 16.3 Å². The third kappa shape index (κ3) is 4.61. The van der Waals surface area contributed by atoms with Crippen LogP contribution in [0.2, 0.25) is 5.02 Å². The molecule has 0 saturated carbocycles. The highest BCUT2D eigenvalue weighted by Gasteiger charge is 2.37. The molecular formula is C17H22ClNO4. The molecule has 0 aliphatic carbocycles. The lowest BCUT2D eigenvalue weighted by atomic mass is 9.81. The Kier molecular flexibility index (Phi) is 5.19. The van der Waals surface area contributed by atoms with Gasteiger partial charge in [0.15, 0.2) is 0 Å². The number of carbonyl (C=O) groups excluding carboxylic acids is 1. The summed E-state index contributed by atoms with van der Waals surface area (Å²) in [5.41, 5.74) is 0.298. The molecule has 126 valence electrons. The van der Waals surface area contributed by atoms with Gasteiger partial charge in [0.2, 0.25) is 0 Å². The predicted molar refractivity (Wildman–Crippen MR) is 87.7 cm³/mol. The number of piperidine rings is 1. The van der Waals surface area contributed by atoms with E-state index in [0.29, 0.717) is 24.5 Å². The molecule has 1 aliphatic rings. The standard InChI is InChI=1S/C17H22ClNO4/c1-17(2,3)23-16(22)19-9-8-13(15(20)21)14(10-19)11-4-6-12(18)7-5-11/h4-7,13-14H,8-10H2,1-3H3,(H,20,21). The lowest BCUT2D eigenvalue weighted by molar-refractivity contribution is -0.144. The van der Waals surface area contributed by atoms with Crippen LogP contribution < -0.4 is 0 Å². The van der Waals surface area contributed by atoms with E-state index in [9.17, 15) is 14.7 Å². The van der Waals surface area contributed by atoms with Crippen LogP contribution in [-0.4, -0.2) is 40.8 Å². The van der Waals surface area contributed by atoms with Crippen LogP contribution in [0.4, 0.5) is 4.79 Å². The molecule has 5 nitrogen and oxygen atoms in total. The highest BCUT2D eigenvalue weighted by atomic mass is 35.5. The van der Waals surface area contributed by atoms with Crippen molar-refractivity contribution < 1.29 is 19.4 Å². The van der Waals surface area contributed by atoms with E-state index in [1.165, 1.54) is 0 Å². The predicted octanol–water partition coefficient (Wildman–Crippen LogP) is 3.77. The average Bonchev–Trinajstić information content (AvgIpc) is 2.45. The largest absolute Gasteiger partial charge is 0.481 e. The first-order valence-electron chi connectivity index (χ1n) is 7.63. The quantitative estimate of drug-likeness (QED) is 0.890. The number of halogens is 1. The summed E-state index contributed by atoms with van der Waals surface area (Å²) in [5.74, 6) is -1.63. The number of rotatable bonds is 2. The van der Waals surface area contributed by atoms with Crippen LogP contribution in [0.5, 0.6) is 0 Å². The van der Waals surface area contributed by atoms with Crippen LogP contribution in [0.1, 0.15) is 38.7 Å². The van der Waals surface area contributed by atoms with E-state index >= 15 is 0 Å². The topological polar surface area (TPSA) is 66.8 Å². The number of hydrogen-bond acceptors (Lipinski definition) is 3. The highest BCUT2D eigenvalue weighted by molar-refractivity contribution is 6.30. The molecule has 0 aromatic heterocycles. The average molecular weight is 340 g/mol. The fourth-order valence-electron chi connectivity index (χ4n) is 2.79. The van der Waals surface area contributed by atoms with Gasteiger partial charge in [-0.05, 0) is 44.9 Å². The van der Waals surface area contributed by atoms with Gasteiger partial charge in [-0.2, -0.15) is 0 Å². The van der Waals surface area contributed by atoms with Gasteiger partial charge in [-0.3, -0.25) is 4.79 Å². The number of aliphatic carboxylic acids is 1.